The van der Waals surface area contributed by atoms with Crippen LogP contribution in [0.3, 0.4) is 0 Å². The van der Waals surface area contributed by atoms with E-state index >= 15 is 0 Å². The van der Waals surface area contributed by atoms with Crippen LogP contribution < -0.4 is 10.4 Å². The predicted molar refractivity (Wildman–Crippen MR) is 73.0 cm³/mol. The highest BCUT2D eigenvalue weighted by molar-refractivity contribution is 6.08. The summed E-state index contributed by atoms with van der Waals surface area (Å²) in [5, 5.41) is 0.764. The van der Waals surface area contributed by atoms with Gasteiger partial charge in [-0.2, -0.15) is 0 Å². The van der Waals surface area contributed by atoms with Crippen molar-refractivity contribution >= 4 is 16.8 Å². The number of hydrogen-bond donors (Lipinski definition) is 0. The molecule has 1 aromatic carbocycles. The topological polar surface area (TPSA) is 56.5 Å². The van der Waals surface area contributed by atoms with Crippen molar-refractivity contribution in [1.29, 1.82) is 0 Å². The lowest BCUT2D eigenvalue weighted by Gasteiger charge is -2.11. The Balaban J connectivity index is 2.86. The normalized spacial score (nSPS) is 10.7. The first-order valence-corrected chi connectivity index (χ1v) is 6.32. The second kappa shape index (κ2) is 5.26. The average Bonchev–Trinajstić information content (AvgIpc) is 2.37. The summed E-state index contributed by atoms with van der Waals surface area (Å²) in [7, 11) is 0. The number of hydrogen-bond acceptors (Lipinski definition) is 4. The third-order valence-corrected chi connectivity index (χ3v) is 2.98. The summed E-state index contributed by atoms with van der Waals surface area (Å²) in [5.41, 5.74) is 1.02. The van der Waals surface area contributed by atoms with Gasteiger partial charge in [-0.25, -0.2) is 4.79 Å². The van der Waals surface area contributed by atoms with Gasteiger partial charge in [-0.05, 0) is 31.5 Å². The molecule has 0 saturated carbocycles. The molecule has 0 radical (unpaired) electrons. The molecule has 0 unspecified atom stereocenters. The Bertz CT molecular complexity index is 682. The Labute approximate surface area is 111 Å². The molecule has 1 heterocycles. The van der Waals surface area contributed by atoms with Crippen LogP contribution in [0.5, 0.6) is 5.75 Å². The van der Waals surface area contributed by atoms with E-state index in [1.165, 1.54) is 6.07 Å². The summed E-state index contributed by atoms with van der Waals surface area (Å²) < 4.78 is 10.7. The van der Waals surface area contributed by atoms with Gasteiger partial charge in [0.1, 0.15) is 11.3 Å². The van der Waals surface area contributed by atoms with Crippen LogP contribution in [-0.2, 0) is 0 Å². The van der Waals surface area contributed by atoms with E-state index in [9.17, 15) is 9.59 Å². The van der Waals surface area contributed by atoms with Crippen LogP contribution in [0.25, 0.3) is 11.0 Å². The van der Waals surface area contributed by atoms with E-state index in [2.05, 4.69) is 0 Å². The lowest BCUT2D eigenvalue weighted by atomic mass is 10.0. The van der Waals surface area contributed by atoms with Crippen molar-refractivity contribution in [3.63, 3.8) is 0 Å². The first-order chi connectivity index (χ1) is 9.08. The van der Waals surface area contributed by atoms with Gasteiger partial charge < -0.3 is 9.15 Å². The molecule has 0 aliphatic rings. The van der Waals surface area contributed by atoms with Crippen molar-refractivity contribution in [3.8, 4) is 5.75 Å². The minimum absolute atomic E-state index is 0.0946. The number of fused-ring (bicyclic) bond motifs is 1. The van der Waals surface area contributed by atoms with Gasteiger partial charge in [0.15, 0.2) is 11.4 Å². The fraction of sp³-hybridized carbons (Fsp3) is 0.333. The minimum Gasteiger partial charge on any atom is -0.493 e. The van der Waals surface area contributed by atoms with Crippen LogP contribution >= 0.6 is 0 Å². The second-order valence-corrected chi connectivity index (χ2v) is 4.27. The van der Waals surface area contributed by atoms with Crippen LogP contribution in [0.2, 0.25) is 0 Å². The molecule has 2 rings (SSSR count). The zero-order chi connectivity index (χ0) is 14.0. The standard InChI is InChI=1S/C15H16O4/c1-4-11(16)14-12(18-5-2)7-6-10-9(3)8-13(17)19-15(10)14/h6-8H,4-5H2,1-3H3. The van der Waals surface area contributed by atoms with E-state index in [-0.39, 0.29) is 5.78 Å². The Morgan fingerprint density at radius 3 is 2.68 bits per heavy atom. The third-order valence-electron chi connectivity index (χ3n) is 2.98. The Hall–Kier alpha value is -2.10. The van der Waals surface area contributed by atoms with Gasteiger partial charge >= 0.3 is 5.63 Å². The van der Waals surface area contributed by atoms with Gasteiger partial charge in [-0.15, -0.1) is 0 Å². The number of ketones is 1. The average molecular weight is 260 g/mol. The SMILES string of the molecule is CCOc1ccc2c(C)cc(=O)oc2c1C(=O)CC. The molecule has 4 heteroatoms. The van der Waals surface area contributed by atoms with E-state index in [0.29, 0.717) is 29.9 Å². The fourth-order valence-corrected chi connectivity index (χ4v) is 2.08. The highest BCUT2D eigenvalue weighted by Crippen LogP contribution is 2.30. The molecule has 0 spiro atoms. The predicted octanol–water partition coefficient (Wildman–Crippen LogP) is 3.09. The van der Waals surface area contributed by atoms with Gasteiger partial charge in [0, 0.05) is 17.9 Å². The summed E-state index contributed by atoms with van der Waals surface area (Å²) >= 11 is 0. The number of carbonyl (C=O) groups excluding carboxylic acids is 1. The number of aryl methyl sites for hydroxylation is 1. The molecule has 2 aromatic rings. The van der Waals surface area contributed by atoms with E-state index < -0.39 is 5.63 Å². The molecule has 0 fully saturated rings. The molecule has 100 valence electrons. The van der Waals surface area contributed by atoms with E-state index in [4.69, 9.17) is 9.15 Å². The number of ether oxygens (including phenoxy) is 1. The Morgan fingerprint density at radius 2 is 2.05 bits per heavy atom. The maximum Gasteiger partial charge on any atom is 0.336 e. The van der Waals surface area contributed by atoms with Crippen LogP contribution in [-0.4, -0.2) is 12.4 Å². The molecule has 0 amide bonds. The fourth-order valence-electron chi connectivity index (χ4n) is 2.08. The van der Waals surface area contributed by atoms with Crippen LogP contribution in [0.4, 0.5) is 0 Å². The minimum atomic E-state index is -0.455. The molecule has 1 aromatic heterocycles. The number of carbonyl (C=O) groups is 1. The van der Waals surface area contributed by atoms with E-state index in [1.807, 2.05) is 19.9 Å². The molecule has 0 saturated heterocycles. The van der Waals surface area contributed by atoms with Crippen molar-refractivity contribution in [2.45, 2.75) is 27.2 Å². The number of Topliss-reactive ketones (excluding diaryl/α,β-unsaturated/α-hetero) is 1. The highest BCUT2D eigenvalue weighted by atomic mass is 16.5. The largest absolute Gasteiger partial charge is 0.493 e. The molecule has 0 atom stereocenters. The first-order valence-electron chi connectivity index (χ1n) is 6.32. The highest BCUT2D eigenvalue weighted by Gasteiger charge is 2.18. The monoisotopic (exact) mass is 260 g/mol. The Morgan fingerprint density at radius 1 is 1.32 bits per heavy atom. The molecule has 0 aliphatic carbocycles. The smallest absolute Gasteiger partial charge is 0.336 e. The maximum atomic E-state index is 12.1. The zero-order valence-corrected chi connectivity index (χ0v) is 11.3. The van der Waals surface area contributed by atoms with E-state index in [1.54, 1.807) is 13.0 Å². The summed E-state index contributed by atoms with van der Waals surface area (Å²) in [5.74, 6) is 0.374. The quantitative estimate of drug-likeness (QED) is 0.626. The first kappa shape index (κ1) is 13.3. The molecule has 0 aliphatic heterocycles. The van der Waals surface area contributed by atoms with Gasteiger partial charge in [-0.1, -0.05) is 6.92 Å². The molecule has 4 nitrogen and oxygen atoms in total. The van der Waals surface area contributed by atoms with Gasteiger partial charge in [0.05, 0.1) is 6.61 Å². The van der Waals surface area contributed by atoms with Gasteiger partial charge in [-0.3, -0.25) is 4.79 Å². The van der Waals surface area contributed by atoms with Crippen molar-refractivity contribution < 1.29 is 13.9 Å². The molecule has 0 bridgehead atoms. The van der Waals surface area contributed by atoms with Crippen LogP contribution in [0, 0.1) is 6.92 Å². The zero-order valence-electron chi connectivity index (χ0n) is 11.3. The van der Waals surface area contributed by atoms with Crippen molar-refractivity contribution in [2.24, 2.45) is 0 Å². The van der Waals surface area contributed by atoms with Crippen molar-refractivity contribution in [3.05, 3.63) is 39.7 Å². The molecule has 19 heavy (non-hydrogen) atoms. The molecular formula is C15H16O4. The third kappa shape index (κ3) is 2.38. The number of rotatable bonds is 4. The summed E-state index contributed by atoms with van der Waals surface area (Å²) in [6, 6.07) is 4.98. The van der Waals surface area contributed by atoms with Crippen LogP contribution in [0.15, 0.2) is 27.4 Å². The van der Waals surface area contributed by atoms with Crippen LogP contribution in [0.1, 0.15) is 36.2 Å². The summed E-state index contributed by atoms with van der Waals surface area (Å²) in [6.45, 7) is 5.88. The lowest BCUT2D eigenvalue weighted by Crippen LogP contribution is -2.07. The Kier molecular flexibility index (Phi) is 3.69. The van der Waals surface area contributed by atoms with Crippen molar-refractivity contribution in [1.82, 2.24) is 0 Å². The maximum absolute atomic E-state index is 12.1. The van der Waals surface area contributed by atoms with E-state index in [0.717, 1.165) is 10.9 Å². The van der Waals surface area contributed by atoms with Gasteiger partial charge in [0.2, 0.25) is 0 Å². The summed E-state index contributed by atoms with van der Waals surface area (Å²) in [6.07, 6.45) is 0.330. The second-order valence-electron chi connectivity index (χ2n) is 4.27. The molecular weight excluding hydrogens is 244 g/mol. The summed E-state index contributed by atoms with van der Waals surface area (Å²) in [4.78, 5) is 23.6. The van der Waals surface area contributed by atoms with Crippen molar-refractivity contribution in [2.75, 3.05) is 6.61 Å². The number of benzene rings is 1. The van der Waals surface area contributed by atoms with Gasteiger partial charge in [0.25, 0.3) is 0 Å². The lowest BCUT2D eigenvalue weighted by molar-refractivity contribution is 0.0985. The molecule has 0 N–H and O–H groups in total.